The topological polar surface area (TPSA) is 289 Å². The number of thiol groups is 2. The van der Waals surface area contributed by atoms with Gasteiger partial charge in [0, 0.05) is 127 Å². The molecule has 1 saturated heterocycles. The van der Waals surface area contributed by atoms with Crippen LogP contribution in [0.1, 0.15) is 226 Å². The number of nitrogens with zero attached hydrogens (tertiary/aromatic N) is 2. The second-order valence-electron chi connectivity index (χ2n) is 28.6. The van der Waals surface area contributed by atoms with Crippen LogP contribution in [0, 0.1) is 33.5 Å². The van der Waals surface area contributed by atoms with Gasteiger partial charge in [-0.05, 0) is 94.6 Å². The first-order valence-electron chi connectivity index (χ1n) is 33.3. The van der Waals surface area contributed by atoms with Crippen LogP contribution in [-0.4, -0.2) is 197 Å². The zero-order valence-electron chi connectivity index (χ0n) is 58.7. The SMILES string of the molecule is C.C.CC(C)C(C)C.CCC(C)(CC(C)(C)C(=O)NCCCNC(=O)CCCCC(S)CCS)C(=O)NCCC[N+](C)(C)CCCS(=O)(=O)[O-].CCC(C)(CC(C)(C)C(=O)NCCCNC(=O)CCCCC1CCSS1)C(=O)NCCC[N+](C)(C)CCCS(=O)(=O)[O-]. The molecule has 4 atom stereocenters. The van der Waals surface area contributed by atoms with Crippen LogP contribution in [0.2, 0.25) is 0 Å². The van der Waals surface area contributed by atoms with E-state index in [0.29, 0.717) is 144 Å². The fourth-order valence-electron chi connectivity index (χ4n) is 10.1. The maximum atomic E-state index is 13.1. The van der Waals surface area contributed by atoms with Crippen molar-refractivity contribution in [1.29, 1.82) is 0 Å². The summed E-state index contributed by atoms with van der Waals surface area (Å²) in [5.41, 5.74) is -2.94. The minimum absolute atomic E-state index is 0. The third kappa shape index (κ3) is 49.5. The van der Waals surface area contributed by atoms with Crippen LogP contribution < -0.4 is 31.9 Å². The smallest absolute Gasteiger partial charge is 0.225 e. The first-order chi connectivity index (χ1) is 41.5. The number of carbonyl (C=O) groups excluding carboxylic acids is 6. The molecule has 1 aliphatic heterocycles. The van der Waals surface area contributed by atoms with Gasteiger partial charge in [0.1, 0.15) is 0 Å². The largest absolute Gasteiger partial charge is 0.748 e. The van der Waals surface area contributed by atoms with Crippen LogP contribution in [0.5, 0.6) is 0 Å². The lowest BCUT2D eigenvalue weighted by Gasteiger charge is -2.35. The van der Waals surface area contributed by atoms with E-state index in [1.54, 1.807) is 0 Å². The van der Waals surface area contributed by atoms with Gasteiger partial charge in [-0.25, -0.2) is 16.8 Å². The van der Waals surface area contributed by atoms with Gasteiger partial charge in [0.2, 0.25) is 35.4 Å². The van der Waals surface area contributed by atoms with E-state index in [1.165, 1.54) is 18.6 Å². The maximum absolute atomic E-state index is 13.1. The van der Waals surface area contributed by atoms with Gasteiger partial charge in [0.15, 0.2) is 0 Å². The number of quaternary nitrogens is 2. The molecule has 92 heavy (non-hydrogen) atoms. The van der Waals surface area contributed by atoms with E-state index < -0.39 is 41.9 Å². The lowest BCUT2D eigenvalue weighted by atomic mass is 9.71. The van der Waals surface area contributed by atoms with Gasteiger partial charge in [-0.2, -0.15) is 25.3 Å². The second-order valence-corrected chi connectivity index (χ2v) is 35.6. The van der Waals surface area contributed by atoms with Gasteiger partial charge in [0.25, 0.3) is 0 Å². The molecule has 26 heteroatoms. The molecule has 6 N–H and O–H groups in total. The fourth-order valence-corrected chi connectivity index (χ4v) is 14.9. The average molecular weight is 1430 g/mol. The Kier molecular flexibility index (Phi) is 51.8. The monoisotopic (exact) mass is 1420 g/mol. The van der Waals surface area contributed by atoms with Gasteiger partial charge in [-0.1, -0.05) is 132 Å². The minimum Gasteiger partial charge on any atom is -0.748 e. The fraction of sp³-hybridized carbons (Fsp3) is 0.909. The number of nitrogens with one attached hydrogen (secondary N) is 6. The van der Waals surface area contributed by atoms with E-state index in [0.717, 1.165) is 74.5 Å². The van der Waals surface area contributed by atoms with Crippen molar-refractivity contribution >= 4 is 103 Å². The molecule has 1 heterocycles. The number of rotatable bonds is 47. The number of hydrogen-bond donors (Lipinski definition) is 8. The summed E-state index contributed by atoms with van der Waals surface area (Å²) >= 11 is 8.72. The molecule has 6 amide bonds. The zero-order chi connectivity index (χ0) is 69.5. The summed E-state index contributed by atoms with van der Waals surface area (Å²) in [5, 5.41) is 18.9. The molecule has 548 valence electrons. The van der Waals surface area contributed by atoms with Gasteiger partial charge < -0.3 is 50.0 Å². The summed E-state index contributed by atoms with van der Waals surface area (Å²) in [7, 11) is 3.40. The highest BCUT2D eigenvalue weighted by Crippen LogP contribution is 2.40. The lowest BCUT2D eigenvalue weighted by Crippen LogP contribution is -2.47. The van der Waals surface area contributed by atoms with Crippen molar-refractivity contribution in [2.45, 2.75) is 237 Å². The molecule has 0 radical (unpaired) electrons. The Morgan fingerprint density at radius 1 is 0.522 bits per heavy atom. The summed E-state index contributed by atoms with van der Waals surface area (Å²) in [6.45, 7) is 29.5. The molecule has 1 aliphatic rings. The van der Waals surface area contributed by atoms with E-state index in [9.17, 15) is 54.7 Å². The highest BCUT2D eigenvalue weighted by Gasteiger charge is 2.42. The number of amides is 6. The highest BCUT2D eigenvalue weighted by molar-refractivity contribution is 8.77. The lowest BCUT2D eigenvalue weighted by molar-refractivity contribution is -0.890. The van der Waals surface area contributed by atoms with Crippen molar-refractivity contribution in [3.63, 3.8) is 0 Å². The van der Waals surface area contributed by atoms with Crippen LogP contribution >= 0.6 is 46.8 Å². The predicted octanol–water partition coefficient (Wildman–Crippen LogP) is 10.4. The molecular formula is C66H136N8O12S6. The summed E-state index contributed by atoms with van der Waals surface area (Å²) in [6.07, 6.45) is 14.5. The van der Waals surface area contributed by atoms with Gasteiger partial charge in [0.05, 0.1) is 74.6 Å². The predicted molar refractivity (Wildman–Crippen MR) is 392 cm³/mol. The molecule has 0 aromatic carbocycles. The van der Waals surface area contributed by atoms with Crippen LogP contribution in [0.25, 0.3) is 0 Å². The third-order valence-electron chi connectivity index (χ3n) is 17.1. The molecular weight excluding hydrogens is 1290 g/mol. The first kappa shape index (κ1) is 96.3. The van der Waals surface area contributed by atoms with Crippen molar-refractivity contribution in [2.75, 3.05) is 117 Å². The van der Waals surface area contributed by atoms with Crippen molar-refractivity contribution in [3.05, 3.63) is 0 Å². The molecule has 1 fully saturated rings. The third-order valence-corrected chi connectivity index (χ3v) is 22.5. The molecule has 0 aliphatic carbocycles. The van der Waals surface area contributed by atoms with E-state index in [4.69, 9.17) is 0 Å². The summed E-state index contributed by atoms with van der Waals surface area (Å²) in [4.78, 5) is 76.4. The Labute approximate surface area is 581 Å². The normalized spacial score (nSPS) is 15.3. The van der Waals surface area contributed by atoms with Gasteiger partial charge >= 0.3 is 0 Å². The Morgan fingerprint density at radius 2 is 0.870 bits per heavy atom. The van der Waals surface area contributed by atoms with Gasteiger partial charge in [-0.3, -0.25) is 28.8 Å². The van der Waals surface area contributed by atoms with E-state index in [-0.39, 0.29) is 61.8 Å². The van der Waals surface area contributed by atoms with Crippen molar-refractivity contribution in [3.8, 4) is 0 Å². The summed E-state index contributed by atoms with van der Waals surface area (Å²) < 4.78 is 66.1. The number of unbranched alkanes of at least 4 members (excludes halogenated alkanes) is 2. The Morgan fingerprint density at radius 3 is 1.21 bits per heavy atom. The quantitative estimate of drug-likeness (QED) is 0.00925. The molecule has 0 aromatic rings. The summed E-state index contributed by atoms with van der Waals surface area (Å²) in [6, 6.07) is 0. The highest BCUT2D eigenvalue weighted by atomic mass is 33.1. The van der Waals surface area contributed by atoms with Crippen LogP contribution in [0.3, 0.4) is 0 Å². The minimum atomic E-state index is -4.21. The Bertz CT molecular complexity index is 2280. The average Bonchev–Trinajstić information content (AvgIpc) is 0.914. The molecule has 0 spiro atoms. The van der Waals surface area contributed by atoms with Crippen LogP contribution in [-0.2, 0) is 49.0 Å². The number of hydrogen-bond acceptors (Lipinski definition) is 16. The van der Waals surface area contributed by atoms with Gasteiger partial charge in [-0.15, -0.1) is 0 Å². The Balaban J connectivity index is -0.000000756. The summed E-state index contributed by atoms with van der Waals surface area (Å²) in [5.74, 6) is 2.71. The van der Waals surface area contributed by atoms with E-state index in [2.05, 4.69) is 84.9 Å². The second kappa shape index (κ2) is 49.5. The van der Waals surface area contributed by atoms with Crippen molar-refractivity contribution < 1.29 is 63.7 Å². The molecule has 0 saturated carbocycles. The molecule has 0 aromatic heterocycles. The van der Waals surface area contributed by atoms with E-state index in [1.807, 2.05) is 105 Å². The molecule has 1 rings (SSSR count). The molecule has 20 nitrogen and oxygen atoms in total. The Hall–Kier alpha value is -2.04. The first-order valence-corrected chi connectivity index (χ1v) is 39.9. The van der Waals surface area contributed by atoms with Crippen molar-refractivity contribution in [1.82, 2.24) is 31.9 Å². The number of carbonyl (C=O) groups is 6. The zero-order valence-corrected chi connectivity index (χ0v) is 63.7. The molecule has 0 bridgehead atoms. The molecule has 4 unspecified atom stereocenters. The van der Waals surface area contributed by atoms with Crippen LogP contribution in [0.15, 0.2) is 0 Å². The van der Waals surface area contributed by atoms with E-state index >= 15 is 0 Å². The maximum Gasteiger partial charge on any atom is 0.225 e. The van der Waals surface area contributed by atoms with Crippen LogP contribution in [0.4, 0.5) is 0 Å². The van der Waals surface area contributed by atoms with Crippen molar-refractivity contribution in [2.24, 2.45) is 33.5 Å². The standard InChI is InChI=1S/C29H56N4O6S3.C29H58N4O6S3.C6H14.2CH4/c1-7-29(4,27(36)32-18-11-19-33(5,6)20-12-22-42(37,38)39)23-28(2,3)26(35)31-17-10-16-30-25(34)14-9-8-13-24-15-21-40-41-24;1-7-29(4,27(36)32-18-11-19-33(5,6)20-12-22-42(37,38)39)23-28(2,3)26(35)31-17-10-16-30-25(34)14-9-8-13-24(41)15-21-40;1-5(2)6(3)4;;/h24H,7-23H2,1-6H3,(H3-,30,31,32,34,35,36,37,38,39);24H,7-23H2,1-6H3,(H5-,30,31,32,34,35,36,37,38,39,40,41);5-6H,1-4H3;2*1H4.